The maximum atomic E-state index is 2.49. The van der Waals surface area contributed by atoms with E-state index in [0.29, 0.717) is 0 Å². The molecule has 3 heteroatoms. The van der Waals surface area contributed by atoms with Gasteiger partial charge >= 0.3 is 0 Å². The summed E-state index contributed by atoms with van der Waals surface area (Å²) < 4.78 is 5.00. The summed E-state index contributed by atoms with van der Waals surface area (Å²) in [6.45, 7) is 0. The van der Waals surface area contributed by atoms with E-state index in [1.165, 1.54) is 103 Å². The topological polar surface area (TPSA) is 8.17 Å². The molecule has 0 saturated heterocycles. The van der Waals surface area contributed by atoms with Crippen LogP contribution in [0.2, 0.25) is 0 Å². The Labute approximate surface area is 375 Å². The molecule has 10 aromatic carbocycles. The van der Waals surface area contributed by atoms with Crippen molar-refractivity contribution in [1.82, 2.24) is 4.57 Å². The number of anilines is 3. The normalized spacial score (nSPS) is 13.1. The molecule has 0 saturated carbocycles. The molecule has 0 amide bonds. The molecule has 12 aromatic rings. The standard InChI is InChI=1S/C61H38N2S/c1-2-15-39(16-3-1)40-29-31-41(32-30-40)62(42-33-35-47-46-19-6-11-24-53(46)61(54(47)37-42)51-22-9-4-17-44(51)45-18-5-10-23-52(45)61)43-34-36-50-59(38-43)64-58-28-14-27-57(60(50)58)63-55-25-12-7-20-48(55)49-21-8-13-26-56(49)63/h1-38H. The lowest BCUT2D eigenvalue weighted by atomic mass is 9.70. The number of hydrogen-bond acceptors (Lipinski definition) is 2. The number of para-hydroxylation sites is 2. The Hall–Kier alpha value is -7.98. The van der Waals surface area contributed by atoms with Crippen molar-refractivity contribution in [3.63, 3.8) is 0 Å². The molecule has 0 N–H and O–H groups in total. The fourth-order valence-electron chi connectivity index (χ4n) is 11.4. The van der Waals surface area contributed by atoms with Gasteiger partial charge in [0.15, 0.2) is 0 Å². The molecule has 1 spiro atoms. The van der Waals surface area contributed by atoms with Gasteiger partial charge in [0.05, 0.1) is 22.1 Å². The molecule has 0 radical (unpaired) electrons. The summed E-state index contributed by atoms with van der Waals surface area (Å²) in [5.41, 5.74) is 19.6. The third-order valence-electron chi connectivity index (χ3n) is 14.0. The minimum Gasteiger partial charge on any atom is -0.310 e. The van der Waals surface area contributed by atoms with Gasteiger partial charge in [-0.15, -0.1) is 11.3 Å². The first-order valence-electron chi connectivity index (χ1n) is 22.1. The van der Waals surface area contributed by atoms with Gasteiger partial charge in [-0.3, -0.25) is 0 Å². The van der Waals surface area contributed by atoms with E-state index in [4.69, 9.17) is 0 Å². The average Bonchev–Trinajstić information content (AvgIpc) is 4.08. The third-order valence-corrected chi connectivity index (χ3v) is 15.1. The highest BCUT2D eigenvalue weighted by molar-refractivity contribution is 7.26. The predicted molar refractivity (Wildman–Crippen MR) is 270 cm³/mol. The molecule has 0 unspecified atom stereocenters. The Balaban J connectivity index is 0.991. The van der Waals surface area contributed by atoms with Gasteiger partial charge in [0.1, 0.15) is 0 Å². The van der Waals surface area contributed by atoms with Crippen LogP contribution in [0.4, 0.5) is 17.1 Å². The number of nitrogens with zero attached hydrogens (tertiary/aromatic N) is 2. The van der Waals surface area contributed by atoms with E-state index in [9.17, 15) is 0 Å². The largest absolute Gasteiger partial charge is 0.310 e. The Morgan fingerprint density at radius 2 is 0.859 bits per heavy atom. The van der Waals surface area contributed by atoms with Crippen LogP contribution in [0.25, 0.3) is 81.0 Å². The van der Waals surface area contributed by atoms with Gasteiger partial charge in [0, 0.05) is 48.0 Å². The lowest BCUT2D eigenvalue weighted by molar-refractivity contribution is 0.793. The molecule has 0 fully saturated rings. The number of hydrogen-bond donors (Lipinski definition) is 0. The molecule has 0 bridgehead atoms. The molecule has 0 atom stereocenters. The molecule has 64 heavy (non-hydrogen) atoms. The first-order chi connectivity index (χ1) is 31.8. The minimum atomic E-state index is -0.434. The highest BCUT2D eigenvalue weighted by Gasteiger charge is 2.51. The summed E-state index contributed by atoms with van der Waals surface area (Å²) in [6.07, 6.45) is 0. The molecule has 0 aliphatic heterocycles. The lowest BCUT2D eigenvalue weighted by Crippen LogP contribution is -2.26. The average molecular weight is 831 g/mol. The van der Waals surface area contributed by atoms with Crippen LogP contribution in [0.5, 0.6) is 0 Å². The van der Waals surface area contributed by atoms with Crippen LogP contribution in [0.15, 0.2) is 231 Å². The Bertz CT molecular complexity index is 3740. The van der Waals surface area contributed by atoms with Crippen molar-refractivity contribution >= 4 is 70.4 Å². The highest BCUT2D eigenvalue weighted by atomic mass is 32.1. The van der Waals surface area contributed by atoms with E-state index in [1.54, 1.807) is 0 Å². The molecule has 2 aliphatic rings. The SMILES string of the molecule is c1ccc(-c2ccc(N(c3ccc4c(c3)C3(c5ccccc5-c5ccccc53)c3ccccc3-4)c3ccc4c(c3)sc3cccc(-n5c6ccccc6c6ccccc65)c34)cc2)cc1. The van der Waals surface area contributed by atoms with Crippen LogP contribution in [0, 0.1) is 0 Å². The Morgan fingerprint density at radius 3 is 1.52 bits per heavy atom. The van der Waals surface area contributed by atoms with E-state index in [-0.39, 0.29) is 0 Å². The second-order valence-corrected chi connectivity index (χ2v) is 18.3. The summed E-state index contributed by atoms with van der Waals surface area (Å²) in [4.78, 5) is 2.47. The summed E-state index contributed by atoms with van der Waals surface area (Å²) in [6, 6.07) is 85.7. The van der Waals surface area contributed by atoms with Gasteiger partial charge in [-0.1, -0.05) is 170 Å². The van der Waals surface area contributed by atoms with Crippen LogP contribution in [0.3, 0.4) is 0 Å². The molecule has 2 aliphatic carbocycles. The lowest BCUT2D eigenvalue weighted by Gasteiger charge is -2.32. The number of benzene rings is 10. The van der Waals surface area contributed by atoms with Crippen molar-refractivity contribution in [3.05, 3.63) is 253 Å². The fraction of sp³-hybridized carbons (Fsp3) is 0.0164. The highest BCUT2D eigenvalue weighted by Crippen LogP contribution is 2.63. The summed E-state index contributed by atoms with van der Waals surface area (Å²) in [5, 5.41) is 5.10. The predicted octanol–water partition coefficient (Wildman–Crippen LogP) is 16.6. The van der Waals surface area contributed by atoms with Crippen molar-refractivity contribution < 1.29 is 0 Å². The summed E-state index contributed by atoms with van der Waals surface area (Å²) in [7, 11) is 0. The maximum Gasteiger partial charge on any atom is 0.0726 e. The van der Waals surface area contributed by atoms with Crippen molar-refractivity contribution in [2.24, 2.45) is 0 Å². The van der Waals surface area contributed by atoms with Crippen LogP contribution in [-0.2, 0) is 5.41 Å². The third kappa shape index (κ3) is 4.85. The first kappa shape index (κ1) is 35.6. The maximum absolute atomic E-state index is 2.49. The van der Waals surface area contributed by atoms with E-state index < -0.39 is 5.41 Å². The van der Waals surface area contributed by atoms with Crippen LogP contribution < -0.4 is 4.90 Å². The zero-order valence-electron chi connectivity index (χ0n) is 34.7. The molecule has 298 valence electrons. The fourth-order valence-corrected chi connectivity index (χ4v) is 12.6. The van der Waals surface area contributed by atoms with Crippen LogP contribution in [-0.4, -0.2) is 4.57 Å². The number of fused-ring (bicyclic) bond motifs is 16. The van der Waals surface area contributed by atoms with Crippen molar-refractivity contribution in [2.45, 2.75) is 5.41 Å². The Kier molecular flexibility index (Phi) is 7.51. The van der Waals surface area contributed by atoms with E-state index in [1.807, 2.05) is 11.3 Å². The number of thiophene rings is 1. The van der Waals surface area contributed by atoms with Gasteiger partial charge in [-0.25, -0.2) is 0 Å². The second-order valence-electron chi connectivity index (χ2n) is 17.2. The Morgan fingerprint density at radius 1 is 0.344 bits per heavy atom. The quantitative estimate of drug-likeness (QED) is 0.168. The van der Waals surface area contributed by atoms with Gasteiger partial charge in [0.2, 0.25) is 0 Å². The van der Waals surface area contributed by atoms with E-state index in [2.05, 4.69) is 240 Å². The van der Waals surface area contributed by atoms with Gasteiger partial charge < -0.3 is 9.47 Å². The van der Waals surface area contributed by atoms with Crippen LogP contribution >= 0.6 is 11.3 Å². The summed E-state index contributed by atoms with van der Waals surface area (Å²) >= 11 is 1.88. The first-order valence-corrected chi connectivity index (χ1v) is 22.9. The van der Waals surface area contributed by atoms with Gasteiger partial charge in [-0.05, 0) is 116 Å². The van der Waals surface area contributed by atoms with E-state index >= 15 is 0 Å². The molecule has 2 nitrogen and oxygen atoms in total. The van der Waals surface area contributed by atoms with Gasteiger partial charge in [0.25, 0.3) is 0 Å². The van der Waals surface area contributed by atoms with E-state index in [0.717, 1.165) is 17.1 Å². The molecular weight excluding hydrogens is 793 g/mol. The van der Waals surface area contributed by atoms with Crippen molar-refractivity contribution in [3.8, 4) is 39.1 Å². The van der Waals surface area contributed by atoms with Crippen molar-refractivity contribution in [1.29, 1.82) is 0 Å². The molecular formula is C61H38N2S. The zero-order chi connectivity index (χ0) is 41.9. The minimum absolute atomic E-state index is 0.434. The monoisotopic (exact) mass is 830 g/mol. The number of aromatic nitrogens is 1. The molecule has 2 aromatic heterocycles. The van der Waals surface area contributed by atoms with Crippen molar-refractivity contribution in [2.75, 3.05) is 4.90 Å². The van der Waals surface area contributed by atoms with Crippen LogP contribution in [0.1, 0.15) is 22.3 Å². The second kappa shape index (κ2) is 13.5. The van der Waals surface area contributed by atoms with Gasteiger partial charge in [-0.2, -0.15) is 0 Å². The molecule has 2 heterocycles. The smallest absolute Gasteiger partial charge is 0.0726 e. The number of rotatable bonds is 5. The summed E-state index contributed by atoms with van der Waals surface area (Å²) in [5.74, 6) is 0. The molecule has 14 rings (SSSR count). The zero-order valence-corrected chi connectivity index (χ0v) is 35.6.